The van der Waals surface area contributed by atoms with Gasteiger partial charge in [-0.15, -0.1) is 0 Å². The number of nitrogens with zero attached hydrogens (tertiary/aromatic N) is 4. The highest BCUT2D eigenvalue weighted by atomic mass is 32.2. The van der Waals surface area contributed by atoms with Crippen molar-refractivity contribution in [1.82, 2.24) is 23.8 Å². The lowest BCUT2D eigenvalue weighted by Gasteiger charge is -2.21. The number of hydrogen-bond donors (Lipinski definition) is 1. The molecule has 0 radical (unpaired) electrons. The van der Waals surface area contributed by atoms with Crippen molar-refractivity contribution in [2.75, 3.05) is 13.1 Å². The monoisotopic (exact) mass is 261 g/mol. The molecular weight excluding hydrogens is 242 g/mol. The fraction of sp³-hybridized carbons (Fsp3) is 0.778. The summed E-state index contributed by atoms with van der Waals surface area (Å²) in [5, 5.41) is 3.91. The molecule has 98 valence electrons. The van der Waals surface area contributed by atoms with E-state index in [2.05, 4.69) is 14.8 Å². The topological polar surface area (TPSA) is 80.1 Å². The summed E-state index contributed by atoms with van der Waals surface area (Å²) in [6.45, 7) is 6.23. The molecule has 8 heteroatoms. The molecular formula is C9H19N5O2S. The first-order chi connectivity index (χ1) is 7.92. The summed E-state index contributed by atoms with van der Waals surface area (Å²) in [4.78, 5) is 4.02. The third-order valence-electron chi connectivity index (χ3n) is 2.50. The largest absolute Gasteiger partial charge is 0.280 e. The first-order valence-corrected chi connectivity index (χ1v) is 6.97. The van der Waals surface area contributed by atoms with Gasteiger partial charge in [-0.25, -0.2) is 4.98 Å². The van der Waals surface area contributed by atoms with E-state index < -0.39 is 16.3 Å². The van der Waals surface area contributed by atoms with E-state index >= 15 is 0 Å². The number of rotatable bonds is 6. The smallest absolute Gasteiger partial charge is 0.252 e. The van der Waals surface area contributed by atoms with Crippen LogP contribution in [-0.2, 0) is 17.3 Å². The predicted molar refractivity (Wildman–Crippen MR) is 64.4 cm³/mol. The predicted octanol–water partition coefficient (Wildman–Crippen LogP) is 0.0523. The van der Waals surface area contributed by atoms with Gasteiger partial charge in [-0.2, -0.15) is 22.5 Å². The van der Waals surface area contributed by atoms with Crippen LogP contribution in [0.15, 0.2) is 6.33 Å². The Bertz CT molecular complexity index is 452. The lowest BCUT2D eigenvalue weighted by molar-refractivity contribution is 0.425. The summed E-state index contributed by atoms with van der Waals surface area (Å²) in [5.74, 6) is 0.584. The van der Waals surface area contributed by atoms with Crippen molar-refractivity contribution in [3.63, 3.8) is 0 Å². The zero-order chi connectivity index (χ0) is 13.1. The molecule has 0 saturated carbocycles. The van der Waals surface area contributed by atoms with Gasteiger partial charge < -0.3 is 0 Å². The number of nitrogens with one attached hydrogen (secondary N) is 1. The maximum absolute atomic E-state index is 12.0. The van der Waals surface area contributed by atoms with E-state index in [1.165, 1.54) is 10.6 Å². The number of aryl methyl sites for hydroxylation is 1. The Kier molecular flexibility index (Phi) is 4.61. The van der Waals surface area contributed by atoms with Crippen LogP contribution in [0.2, 0.25) is 0 Å². The maximum atomic E-state index is 12.0. The Morgan fingerprint density at radius 1 is 1.47 bits per heavy atom. The zero-order valence-corrected chi connectivity index (χ0v) is 11.4. The second-order valence-corrected chi connectivity index (χ2v) is 5.37. The van der Waals surface area contributed by atoms with Gasteiger partial charge in [0.1, 0.15) is 12.2 Å². The molecule has 0 aromatic carbocycles. The molecule has 17 heavy (non-hydrogen) atoms. The molecule has 1 rings (SSSR count). The van der Waals surface area contributed by atoms with Gasteiger partial charge in [-0.3, -0.25) is 4.68 Å². The molecule has 0 aliphatic rings. The Balaban J connectivity index is 2.81. The van der Waals surface area contributed by atoms with Gasteiger partial charge in [0.15, 0.2) is 0 Å². The fourth-order valence-electron chi connectivity index (χ4n) is 1.61. The second kappa shape index (κ2) is 5.56. The summed E-state index contributed by atoms with van der Waals surface area (Å²) < 4.78 is 29.4. The van der Waals surface area contributed by atoms with Gasteiger partial charge in [0.2, 0.25) is 0 Å². The lowest BCUT2D eigenvalue weighted by Crippen LogP contribution is -2.42. The van der Waals surface area contributed by atoms with Gasteiger partial charge in [0.05, 0.1) is 6.04 Å². The highest BCUT2D eigenvalue weighted by molar-refractivity contribution is 7.87. The van der Waals surface area contributed by atoms with Crippen LogP contribution in [0, 0.1) is 0 Å². The molecule has 1 N–H and O–H groups in total. The molecule has 1 heterocycles. The molecule has 7 nitrogen and oxygen atoms in total. The Hall–Kier alpha value is -0.990. The van der Waals surface area contributed by atoms with E-state index in [1.54, 1.807) is 32.5 Å². The summed E-state index contributed by atoms with van der Waals surface area (Å²) in [6, 6.07) is -0.409. The van der Waals surface area contributed by atoms with Crippen molar-refractivity contribution in [2.45, 2.75) is 26.8 Å². The molecule has 1 aromatic heterocycles. The van der Waals surface area contributed by atoms with Crippen molar-refractivity contribution in [2.24, 2.45) is 7.05 Å². The molecule has 0 fully saturated rings. The minimum Gasteiger partial charge on any atom is -0.252 e. The SMILES string of the molecule is CCN(CC)S(=O)(=O)N[C@@H](C)c1ncnn1C. The molecule has 0 aliphatic carbocycles. The third kappa shape index (κ3) is 3.24. The Morgan fingerprint density at radius 3 is 2.47 bits per heavy atom. The summed E-state index contributed by atoms with van der Waals surface area (Å²) in [7, 11) is -1.74. The molecule has 0 aliphatic heterocycles. The van der Waals surface area contributed by atoms with Gasteiger partial charge in [-0.05, 0) is 6.92 Å². The highest BCUT2D eigenvalue weighted by Crippen LogP contribution is 2.10. The van der Waals surface area contributed by atoms with Crippen LogP contribution in [0.25, 0.3) is 0 Å². The van der Waals surface area contributed by atoms with Crippen LogP contribution in [0.1, 0.15) is 32.6 Å². The van der Waals surface area contributed by atoms with Gasteiger partial charge in [0.25, 0.3) is 10.2 Å². The first-order valence-electron chi connectivity index (χ1n) is 5.53. The molecule has 0 amide bonds. The normalized spacial score (nSPS) is 14.2. The van der Waals surface area contributed by atoms with Crippen molar-refractivity contribution in [3.05, 3.63) is 12.2 Å². The Morgan fingerprint density at radius 2 is 2.06 bits per heavy atom. The summed E-state index contributed by atoms with van der Waals surface area (Å²) in [6.07, 6.45) is 1.40. The molecule has 0 spiro atoms. The van der Waals surface area contributed by atoms with Crippen LogP contribution < -0.4 is 4.72 Å². The van der Waals surface area contributed by atoms with Gasteiger partial charge in [-0.1, -0.05) is 13.8 Å². The van der Waals surface area contributed by atoms with E-state index in [-0.39, 0.29) is 0 Å². The average molecular weight is 261 g/mol. The fourth-order valence-corrected chi connectivity index (χ4v) is 2.99. The quantitative estimate of drug-likeness (QED) is 0.785. The second-order valence-electron chi connectivity index (χ2n) is 3.67. The van der Waals surface area contributed by atoms with E-state index in [0.29, 0.717) is 18.9 Å². The number of aromatic nitrogens is 3. The molecule has 1 aromatic rings. The number of hydrogen-bond acceptors (Lipinski definition) is 4. The van der Waals surface area contributed by atoms with Crippen molar-refractivity contribution in [3.8, 4) is 0 Å². The van der Waals surface area contributed by atoms with Crippen LogP contribution in [0.4, 0.5) is 0 Å². The van der Waals surface area contributed by atoms with E-state index in [4.69, 9.17) is 0 Å². The van der Waals surface area contributed by atoms with Gasteiger partial charge >= 0.3 is 0 Å². The molecule has 1 atom stereocenters. The summed E-state index contributed by atoms with van der Waals surface area (Å²) in [5.41, 5.74) is 0. The minimum atomic E-state index is -3.46. The first kappa shape index (κ1) is 14.1. The van der Waals surface area contributed by atoms with Crippen molar-refractivity contribution >= 4 is 10.2 Å². The van der Waals surface area contributed by atoms with Crippen LogP contribution >= 0.6 is 0 Å². The average Bonchev–Trinajstić information content (AvgIpc) is 2.65. The van der Waals surface area contributed by atoms with Crippen molar-refractivity contribution in [1.29, 1.82) is 0 Å². The molecule has 0 unspecified atom stereocenters. The van der Waals surface area contributed by atoms with E-state index in [0.717, 1.165) is 0 Å². The van der Waals surface area contributed by atoms with Crippen LogP contribution in [-0.4, -0.2) is 40.6 Å². The Labute approximate surface area is 102 Å². The minimum absolute atomic E-state index is 0.409. The zero-order valence-electron chi connectivity index (χ0n) is 10.6. The molecule has 0 saturated heterocycles. The standard InChI is InChI=1S/C9H19N5O2S/c1-5-14(6-2)17(15,16)12-8(3)9-10-7-11-13(9)4/h7-8,12H,5-6H2,1-4H3/t8-/m0/s1. The van der Waals surface area contributed by atoms with Crippen LogP contribution in [0.5, 0.6) is 0 Å². The van der Waals surface area contributed by atoms with Crippen molar-refractivity contribution < 1.29 is 8.42 Å². The van der Waals surface area contributed by atoms with Crippen LogP contribution in [0.3, 0.4) is 0 Å². The maximum Gasteiger partial charge on any atom is 0.280 e. The van der Waals surface area contributed by atoms with Gasteiger partial charge in [0, 0.05) is 20.1 Å². The van der Waals surface area contributed by atoms with E-state index in [1.807, 2.05) is 0 Å². The molecule has 0 bridgehead atoms. The van der Waals surface area contributed by atoms with E-state index in [9.17, 15) is 8.42 Å². The lowest BCUT2D eigenvalue weighted by atomic mass is 10.3. The third-order valence-corrected chi connectivity index (χ3v) is 4.35. The highest BCUT2D eigenvalue weighted by Gasteiger charge is 2.23. The summed E-state index contributed by atoms with van der Waals surface area (Å²) >= 11 is 0.